The Labute approximate surface area is 165 Å². The highest BCUT2D eigenvalue weighted by atomic mass is 19.4. The number of fused-ring (bicyclic) bond motifs is 1. The Hall–Kier alpha value is -3.24. The third-order valence-corrected chi connectivity index (χ3v) is 4.68. The summed E-state index contributed by atoms with van der Waals surface area (Å²) in [6.07, 6.45) is 3.80. The van der Waals surface area contributed by atoms with Crippen LogP contribution in [-0.4, -0.2) is 50.7 Å². The number of aromatic nitrogens is 3. The van der Waals surface area contributed by atoms with Crippen molar-refractivity contribution in [3.05, 3.63) is 42.3 Å². The molecule has 0 bridgehead atoms. The quantitative estimate of drug-likeness (QED) is 0.587. The molecule has 3 heterocycles. The molecular weight excluding hydrogens is 385 g/mol. The molecule has 8 nitrogen and oxygen atoms in total. The van der Waals surface area contributed by atoms with Crippen LogP contribution in [0.25, 0.3) is 5.65 Å². The van der Waals surface area contributed by atoms with Gasteiger partial charge in [0.25, 0.3) is 0 Å². The van der Waals surface area contributed by atoms with E-state index in [2.05, 4.69) is 26.7 Å². The van der Waals surface area contributed by atoms with Gasteiger partial charge in [-0.3, -0.25) is 19.8 Å². The van der Waals surface area contributed by atoms with Crippen LogP contribution in [0.2, 0.25) is 0 Å². The summed E-state index contributed by atoms with van der Waals surface area (Å²) in [5, 5.41) is 7.69. The average Bonchev–Trinajstić information content (AvgIpc) is 3.10. The van der Waals surface area contributed by atoms with Crippen molar-refractivity contribution in [3.63, 3.8) is 0 Å². The summed E-state index contributed by atoms with van der Waals surface area (Å²) in [7, 11) is 0. The van der Waals surface area contributed by atoms with Crippen molar-refractivity contribution in [1.29, 1.82) is 5.41 Å². The van der Waals surface area contributed by atoms with Crippen LogP contribution in [0.1, 0.15) is 24.2 Å². The molecule has 29 heavy (non-hydrogen) atoms. The third-order valence-electron chi connectivity index (χ3n) is 4.68. The Balaban J connectivity index is 1.88. The molecule has 11 heteroatoms. The van der Waals surface area contributed by atoms with Crippen LogP contribution in [0.15, 0.2) is 40.9 Å². The van der Waals surface area contributed by atoms with Crippen molar-refractivity contribution < 1.29 is 13.2 Å². The van der Waals surface area contributed by atoms with E-state index in [0.29, 0.717) is 23.7 Å². The van der Waals surface area contributed by atoms with Crippen molar-refractivity contribution in [1.82, 2.24) is 19.3 Å². The Morgan fingerprint density at radius 1 is 1.38 bits per heavy atom. The number of alkyl halides is 3. The van der Waals surface area contributed by atoms with Gasteiger partial charge in [-0.2, -0.15) is 13.2 Å². The van der Waals surface area contributed by atoms with E-state index in [1.54, 1.807) is 6.08 Å². The molecule has 1 aliphatic heterocycles. The van der Waals surface area contributed by atoms with E-state index in [0.717, 1.165) is 31.8 Å². The summed E-state index contributed by atoms with van der Waals surface area (Å²) in [4.78, 5) is 17.7. The second-order valence-electron chi connectivity index (χ2n) is 6.66. The number of halogens is 3. The second kappa shape index (κ2) is 8.41. The monoisotopic (exact) mass is 406 g/mol. The van der Waals surface area contributed by atoms with Gasteiger partial charge in [-0.25, -0.2) is 9.97 Å². The van der Waals surface area contributed by atoms with Gasteiger partial charge in [0.1, 0.15) is 5.84 Å². The van der Waals surface area contributed by atoms with Gasteiger partial charge >= 0.3 is 6.18 Å². The first kappa shape index (κ1) is 20.5. The Bertz CT molecular complexity index is 960. The largest absolute Gasteiger partial charge is 0.434 e. The lowest BCUT2D eigenvalue weighted by Gasteiger charge is -2.33. The maximum absolute atomic E-state index is 13.0. The lowest BCUT2D eigenvalue weighted by molar-refractivity contribution is -0.141. The molecule has 1 unspecified atom stereocenters. The molecule has 0 aliphatic carbocycles. The lowest BCUT2D eigenvalue weighted by Crippen LogP contribution is -2.43. The minimum atomic E-state index is -4.54. The smallest absolute Gasteiger partial charge is 0.387 e. The maximum Gasteiger partial charge on any atom is 0.434 e. The number of hydrogen-bond acceptors (Lipinski definition) is 5. The van der Waals surface area contributed by atoms with Gasteiger partial charge in [-0.1, -0.05) is 0 Å². The molecule has 1 saturated heterocycles. The first-order valence-electron chi connectivity index (χ1n) is 8.94. The summed E-state index contributed by atoms with van der Waals surface area (Å²) in [5.74, 6) is 0.674. The van der Waals surface area contributed by atoms with E-state index < -0.39 is 11.9 Å². The SMILES string of the molecule is C=N/C=C\C(=NCc1cnc2cnc(C(F)(F)F)cn12)N1CCCC(C(=N)N)C1. The molecule has 0 amide bonds. The van der Waals surface area contributed by atoms with Crippen LogP contribution in [0.3, 0.4) is 0 Å². The number of nitrogens with two attached hydrogens (primary N) is 1. The minimum Gasteiger partial charge on any atom is -0.387 e. The molecule has 154 valence electrons. The average molecular weight is 406 g/mol. The molecule has 0 saturated carbocycles. The van der Waals surface area contributed by atoms with Crippen LogP contribution in [0.4, 0.5) is 13.2 Å². The van der Waals surface area contributed by atoms with Crippen LogP contribution in [-0.2, 0) is 12.7 Å². The number of aliphatic imine (C=N–C) groups is 2. The van der Waals surface area contributed by atoms with Gasteiger partial charge < -0.3 is 10.6 Å². The Morgan fingerprint density at radius 2 is 2.17 bits per heavy atom. The highest BCUT2D eigenvalue weighted by Gasteiger charge is 2.33. The summed E-state index contributed by atoms with van der Waals surface area (Å²) in [5.41, 5.74) is 5.46. The molecule has 2 aromatic rings. The number of imidazole rings is 1. The van der Waals surface area contributed by atoms with Crippen molar-refractivity contribution in [2.75, 3.05) is 13.1 Å². The second-order valence-corrected chi connectivity index (χ2v) is 6.66. The van der Waals surface area contributed by atoms with Gasteiger partial charge in [0.15, 0.2) is 11.3 Å². The van der Waals surface area contributed by atoms with E-state index >= 15 is 0 Å². The molecule has 0 radical (unpaired) electrons. The molecule has 1 aliphatic rings. The highest BCUT2D eigenvalue weighted by molar-refractivity contribution is 5.93. The van der Waals surface area contributed by atoms with Gasteiger partial charge in [-0.05, 0) is 25.6 Å². The van der Waals surface area contributed by atoms with Crippen molar-refractivity contribution >= 4 is 24.0 Å². The van der Waals surface area contributed by atoms with E-state index in [4.69, 9.17) is 11.1 Å². The fraction of sp³-hybridized carbons (Fsp3) is 0.389. The van der Waals surface area contributed by atoms with Gasteiger partial charge in [0, 0.05) is 31.4 Å². The Morgan fingerprint density at radius 3 is 2.86 bits per heavy atom. The predicted molar refractivity (Wildman–Crippen MR) is 104 cm³/mol. The lowest BCUT2D eigenvalue weighted by atomic mass is 9.97. The van der Waals surface area contributed by atoms with Crippen LogP contribution < -0.4 is 5.73 Å². The zero-order valence-corrected chi connectivity index (χ0v) is 15.6. The number of nitrogens with zero attached hydrogens (tertiary/aromatic N) is 6. The van der Waals surface area contributed by atoms with E-state index in [-0.39, 0.29) is 18.3 Å². The number of nitrogens with one attached hydrogen (secondary N) is 1. The zero-order chi connectivity index (χ0) is 21.0. The molecule has 1 atom stereocenters. The third kappa shape index (κ3) is 4.79. The molecule has 1 fully saturated rings. The van der Waals surface area contributed by atoms with Crippen LogP contribution >= 0.6 is 0 Å². The van der Waals surface area contributed by atoms with Crippen molar-refractivity contribution in [2.45, 2.75) is 25.6 Å². The number of likely N-dealkylation sites (tertiary alicyclic amines) is 1. The normalized spacial score (nSPS) is 18.5. The standard InChI is InChI=1S/C18H21F3N8/c1-24-5-4-15(28-6-2-3-12(10-28)17(22)23)26-7-13-8-27-16-9-25-14(11-29(13)16)18(19,20)21/h4-5,8-9,11-12H,1-3,6-7,10H2,(H3,22,23)/b5-4-,26-15?. The molecule has 3 rings (SSSR count). The molecule has 0 spiro atoms. The number of amidine groups is 2. The van der Waals surface area contributed by atoms with E-state index in [1.165, 1.54) is 16.8 Å². The van der Waals surface area contributed by atoms with Gasteiger partial charge in [0.05, 0.1) is 30.5 Å². The number of hydrogen-bond donors (Lipinski definition) is 2. The summed E-state index contributed by atoms with van der Waals surface area (Å²) in [6, 6.07) is 0. The molecule has 0 aromatic carbocycles. The van der Waals surface area contributed by atoms with E-state index in [1.807, 2.05) is 4.90 Å². The first-order valence-corrected chi connectivity index (χ1v) is 8.94. The summed E-state index contributed by atoms with van der Waals surface area (Å²) < 4.78 is 40.2. The topological polar surface area (TPSA) is 108 Å². The zero-order valence-electron chi connectivity index (χ0n) is 15.6. The fourth-order valence-corrected chi connectivity index (χ4v) is 3.18. The fourth-order valence-electron chi connectivity index (χ4n) is 3.18. The summed E-state index contributed by atoms with van der Waals surface area (Å²) >= 11 is 0. The number of rotatable bonds is 5. The van der Waals surface area contributed by atoms with Crippen molar-refractivity contribution in [3.8, 4) is 0 Å². The highest BCUT2D eigenvalue weighted by Crippen LogP contribution is 2.27. The molecule has 2 aromatic heterocycles. The summed E-state index contributed by atoms with van der Waals surface area (Å²) in [6.45, 7) is 4.81. The van der Waals surface area contributed by atoms with Gasteiger partial charge in [0.2, 0.25) is 0 Å². The van der Waals surface area contributed by atoms with Crippen LogP contribution in [0, 0.1) is 11.3 Å². The minimum absolute atomic E-state index is 0.0599. The molecule has 3 N–H and O–H groups in total. The van der Waals surface area contributed by atoms with Crippen LogP contribution in [0.5, 0.6) is 0 Å². The van der Waals surface area contributed by atoms with Gasteiger partial charge in [-0.15, -0.1) is 0 Å². The predicted octanol–water partition coefficient (Wildman–Crippen LogP) is 2.51. The number of piperidine rings is 1. The molecular formula is C18H21F3N8. The first-order chi connectivity index (χ1) is 13.8. The Kier molecular flexibility index (Phi) is 5.95. The van der Waals surface area contributed by atoms with Crippen molar-refractivity contribution in [2.24, 2.45) is 21.6 Å². The van der Waals surface area contributed by atoms with E-state index in [9.17, 15) is 13.2 Å². The maximum atomic E-state index is 13.0.